The standard InChI is InChI=1S/C16H20INS/c1-3-9-18-16(14-10-15(17)19-11-14)13-7-5-12(4-2)6-8-13/h5-8,10-11,16,18H,3-4,9H2,1-2H3. The van der Waals surface area contributed by atoms with E-state index in [-0.39, 0.29) is 0 Å². The quantitative estimate of drug-likeness (QED) is 0.690. The first-order valence-corrected chi connectivity index (χ1v) is 8.76. The molecular weight excluding hydrogens is 365 g/mol. The number of nitrogens with one attached hydrogen (secondary N) is 1. The summed E-state index contributed by atoms with van der Waals surface area (Å²) in [6, 6.07) is 11.6. The van der Waals surface area contributed by atoms with Crippen LogP contribution in [0.15, 0.2) is 35.7 Å². The molecule has 0 radical (unpaired) electrons. The van der Waals surface area contributed by atoms with Gasteiger partial charge in [-0.3, -0.25) is 0 Å². The van der Waals surface area contributed by atoms with E-state index in [1.165, 1.54) is 19.6 Å². The van der Waals surface area contributed by atoms with Crippen molar-refractivity contribution in [1.29, 1.82) is 0 Å². The van der Waals surface area contributed by atoms with Crippen LogP contribution < -0.4 is 5.32 Å². The van der Waals surface area contributed by atoms with Crippen molar-refractivity contribution in [2.45, 2.75) is 32.7 Å². The van der Waals surface area contributed by atoms with Crippen LogP contribution in [0.3, 0.4) is 0 Å². The molecular formula is C16H20INS. The highest BCUT2D eigenvalue weighted by atomic mass is 127. The molecule has 0 bridgehead atoms. The highest BCUT2D eigenvalue weighted by Crippen LogP contribution is 2.27. The molecule has 2 aromatic rings. The molecule has 0 amide bonds. The monoisotopic (exact) mass is 385 g/mol. The maximum Gasteiger partial charge on any atom is 0.0656 e. The molecule has 0 aliphatic rings. The van der Waals surface area contributed by atoms with Gasteiger partial charge in [0.1, 0.15) is 0 Å². The van der Waals surface area contributed by atoms with Crippen LogP contribution in [-0.2, 0) is 6.42 Å². The Labute approximate surface area is 133 Å². The molecule has 1 heterocycles. The Morgan fingerprint density at radius 3 is 2.42 bits per heavy atom. The molecule has 0 spiro atoms. The SMILES string of the molecule is CCCNC(c1ccc(CC)cc1)c1csc(I)c1. The van der Waals surface area contributed by atoms with Gasteiger partial charge < -0.3 is 5.32 Å². The van der Waals surface area contributed by atoms with Crippen molar-refractivity contribution >= 4 is 33.9 Å². The fourth-order valence-corrected chi connectivity index (χ4v) is 3.54. The van der Waals surface area contributed by atoms with Gasteiger partial charge in [0.15, 0.2) is 0 Å². The molecule has 102 valence electrons. The maximum atomic E-state index is 3.66. The van der Waals surface area contributed by atoms with E-state index in [1.807, 2.05) is 11.3 Å². The van der Waals surface area contributed by atoms with E-state index in [2.05, 4.69) is 77.5 Å². The van der Waals surface area contributed by atoms with Crippen LogP contribution in [0.2, 0.25) is 0 Å². The molecule has 1 nitrogen and oxygen atoms in total. The van der Waals surface area contributed by atoms with Gasteiger partial charge in [0.2, 0.25) is 0 Å². The van der Waals surface area contributed by atoms with Gasteiger partial charge in [-0.15, -0.1) is 11.3 Å². The summed E-state index contributed by atoms with van der Waals surface area (Å²) in [5.74, 6) is 0. The van der Waals surface area contributed by atoms with Crippen molar-refractivity contribution in [3.63, 3.8) is 0 Å². The second-order valence-corrected chi connectivity index (χ2v) is 7.47. The zero-order valence-corrected chi connectivity index (χ0v) is 14.4. The third-order valence-electron chi connectivity index (χ3n) is 3.24. The number of benzene rings is 1. The molecule has 1 atom stereocenters. The van der Waals surface area contributed by atoms with Crippen LogP contribution in [0.25, 0.3) is 0 Å². The number of hydrogen-bond acceptors (Lipinski definition) is 2. The van der Waals surface area contributed by atoms with Crippen LogP contribution in [0.1, 0.15) is 43.0 Å². The van der Waals surface area contributed by atoms with Crippen LogP contribution in [0, 0.1) is 2.88 Å². The molecule has 0 aliphatic heterocycles. The molecule has 0 saturated carbocycles. The lowest BCUT2D eigenvalue weighted by molar-refractivity contribution is 0.600. The van der Waals surface area contributed by atoms with Gasteiger partial charge in [-0.25, -0.2) is 0 Å². The van der Waals surface area contributed by atoms with E-state index in [1.54, 1.807) is 0 Å². The van der Waals surface area contributed by atoms with Crippen molar-refractivity contribution in [2.75, 3.05) is 6.54 Å². The van der Waals surface area contributed by atoms with Crippen LogP contribution in [0.4, 0.5) is 0 Å². The largest absolute Gasteiger partial charge is 0.306 e. The smallest absolute Gasteiger partial charge is 0.0656 e. The molecule has 1 unspecified atom stereocenters. The van der Waals surface area contributed by atoms with Crippen molar-refractivity contribution in [3.05, 3.63) is 55.3 Å². The van der Waals surface area contributed by atoms with E-state index in [0.717, 1.165) is 19.4 Å². The minimum atomic E-state index is 0.325. The Hall–Kier alpha value is -0.390. The zero-order valence-electron chi connectivity index (χ0n) is 11.4. The van der Waals surface area contributed by atoms with Crippen molar-refractivity contribution in [1.82, 2.24) is 5.32 Å². The van der Waals surface area contributed by atoms with Crippen LogP contribution >= 0.6 is 33.9 Å². The molecule has 0 aliphatic carbocycles. The first-order chi connectivity index (χ1) is 9.24. The van der Waals surface area contributed by atoms with Crippen molar-refractivity contribution in [2.24, 2.45) is 0 Å². The molecule has 1 N–H and O–H groups in total. The molecule has 1 aromatic heterocycles. The van der Waals surface area contributed by atoms with Gasteiger partial charge in [0.25, 0.3) is 0 Å². The molecule has 2 rings (SSSR count). The second kappa shape index (κ2) is 7.41. The third-order valence-corrected chi connectivity index (χ3v) is 5.05. The Balaban J connectivity index is 2.25. The van der Waals surface area contributed by atoms with Crippen LogP contribution in [0.5, 0.6) is 0 Å². The number of hydrogen-bond donors (Lipinski definition) is 1. The summed E-state index contributed by atoms with van der Waals surface area (Å²) in [5.41, 5.74) is 4.14. The number of thiophene rings is 1. The molecule has 1 aromatic carbocycles. The van der Waals surface area contributed by atoms with Gasteiger partial charge in [-0.05, 0) is 70.1 Å². The lowest BCUT2D eigenvalue weighted by atomic mass is 9.99. The average molecular weight is 385 g/mol. The molecule has 0 fully saturated rings. The van der Waals surface area contributed by atoms with E-state index in [0.29, 0.717) is 6.04 Å². The van der Waals surface area contributed by atoms with Gasteiger partial charge >= 0.3 is 0 Å². The highest BCUT2D eigenvalue weighted by Gasteiger charge is 2.14. The van der Waals surface area contributed by atoms with Crippen molar-refractivity contribution < 1.29 is 0 Å². The second-order valence-electron chi connectivity index (χ2n) is 4.67. The predicted molar refractivity (Wildman–Crippen MR) is 93.0 cm³/mol. The fourth-order valence-electron chi connectivity index (χ4n) is 2.14. The fraction of sp³-hybridized carbons (Fsp3) is 0.375. The number of aryl methyl sites for hydroxylation is 1. The molecule has 0 saturated heterocycles. The molecule has 19 heavy (non-hydrogen) atoms. The van der Waals surface area contributed by atoms with E-state index < -0.39 is 0 Å². The Kier molecular flexibility index (Phi) is 5.85. The average Bonchev–Trinajstić information content (AvgIpc) is 2.86. The zero-order chi connectivity index (χ0) is 13.7. The minimum Gasteiger partial charge on any atom is -0.306 e. The molecule has 3 heteroatoms. The van der Waals surface area contributed by atoms with E-state index in [9.17, 15) is 0 Å². The summed E-state index contributed by atoms with van der Waals surface area (Å²) in [4.78, 5) is 0. The van der Waals surface area contributed by atoms with E-state index >= 15 is 0 Å². The summed E-state index contributed by atoms with van der Waals surface area (Å²) in [7, 11) is 0. The highest BCUT2D eigenvalue weighted by molar-refractivity contribution is 14.1. The van der Waals surface area contributed by atoms with Gasteiger partial charge in [-0.1, -0.05) is 38.1 Å². The Bertz CT molecular complexity index is 504. The summed E-state index contributed by atoms with van der Waals surface area (Å²) in [5, 5.41) is 5.92. The van der Waals surface area contributed by atoms with Gasteiger partial charge in [-0.2, -0.15) is 0 Å². The first-order valence-electron chi connectivity index (χ1n) is 6.80. The summed E-state index contributed by atoms with van der Waals surface area (Å²) in [6.45, 7) is 5.46. The Morgan fingerprint density at radius 1 is 1.16 bits per heavy atom. The van der Waals surface area contributed by atoms with E-state index in [4.69, 9.17) is 0 Å². The lowest BCUT2D eigenvalue weighted by Gasteiger charge is -2.18. The third kappa shape index (κ3) is 4.04. The topological polar surface area (TPSA) is 12.0 Å². The first kappa shape index (κ1) is 15.0. The van der Waals surface area contributed by atoms with Gasteiger partial charge in [0.05, 0.1) is 8.93 Å². The lowest BCUT2D eigenvalue weighted by Crippen LogP contribution is -2.22. The summed E-state index contributed by atoms with van der Waals surface area (Å²) in [6.07, 6.45) is 2.26. The maximum absolute atomic E-state index is 3.66. The number of rotatable bonds is 6. The predicted octanol–water partition coefficient (Wildman–Crippen LogP) is 5.00. The van der Waals surface area contributed by atoms with Crippen molar-refractivity contribution in [3.8, 4) is 0 Å². The summed E-state index contributed by atoms with van der Waals surface area (Å²) >= 11 is 4.21. The normalized spacial score (nSPS) is 12.6. The number of halogens is 1. The van der Waals surface area contributed by atoms with Gasteiger partial charge in [0, 0.05) is 0 Å². The summed E-state index contributed by atoms with van der Waals surface area (Å²) < 4.78 is 1.35. The Morgan fingerprint density at radius 2 is 1.89 bits per heavy atom. The minimum absolute atomic E-state index is 0.325. The van der Waals surface area contributed by atoms with Crippen LogP contribution in [-0.4, -0.2) is 6.54 Å².